The SMILES string of the molecule is CC1=C2C=CC=C[CH]2[Ge]([CH2][Si](C)(C)C)([CH2][Si](C)(C)C)[O]1. The molecule has 112 valence electrons. The van der Waals surface area contributed by atoms with E-state index < -0.39 is 29.8 Å². The molecule has 0 saturated carbocycles. The Kier molecular flexibility index (Phi) is 4.36. The summed E-state index contributed by atoms with van der Waals surface area (Å²) in [6.45, 7) is 17.3. The second kappa shape index (κ2) is 5.32. The van der Waals surface area contributed by atoms with Crippen molar-refractivity contribution in [2.24, 2.45) is 0 Å². The van der Waals surface area contributed by atoms with E-state index >= 15 is 0 Å². The van der Waals surface area contributed by atoms with Gasteiger partial charge in [-0.3, -0.25) is 0 Å². The first-order valence-electron chi connectivity index (χ1n) is 7.77. The predicted octanol–water partition coefficient (Wildman–Crippen LogP) is 5.49. The van der Waals surface area contributed by atoms with Crippen molar-refractivity contribution in [3.8, 4) is 0 Å². The molecule has 0 aromatic rings. The molecule has 0 bridgehead atoms. The molecule has 0 aromatic carbocycles. The number of hydrogen-bond acceptors (Lipinski definition) is 1. The minimum atomic E-state index is -2.33. The number of hydrogen-bond donors (Lipinski definition) is 0. The van der Waals surface area contributed by atoms with Gasteiger partial charge in [0.1, 0.15) is 0 Å². The first-order valence-corrected chi connectivity index (χ1v) is 20.2. The molecule has 1 atom stereocenters. The van der Waals surface area contributed by atoms with E-state index in [1.807, 2.05) is 0 Å². The van der Waals surface area contributed by atoms with Gasteiger partial charge in [-0.25, -0.2) is 0 Å². The van der Waals surface area contributed by atoms with Crippen LogP contribution in [0.4, 0.5) is 0 Å². The van der Waals surface area contributed by atoms with E-state index in [1.165, 1.54) is 21.1 Å². The summed E-state index contributed by atoms with van der Waals surface area (Å²) in [5.41, 5.74) is 1.50. The van der Waals surface area contributed by atoms with Gasteiger partial charge in [0, 0.05) is 0 Å². The average molecular weight is 367 g/mol. The van der Waals surface area contributed by atoms with Crippen LogP contribution < -0.4 is 0 Å². The molecular weight excluding hydrogens is 337 g/mol. The molecule has 1 heterocycles. The third kappa shape index (κ3) is 3.60. The predicted molar refractivity (Wildman–Crippen MR) is 97.9 cm³/mol. The second-order valence-corrected chi connectivity index (χ2v) is 30.5. The van der Waals surface area contributed by atoms with Gasteiger partial charge < -0.3 is 0 Å². The van der Waals surface area contributed by atoms with Gasteiger partial charge in [0.2, 0.25) is 0 Å². The van der Waals surface area contributed by atoms with E-state index in [4.69, 9.17) is 3.76 Å². The van der Waals surface area contributed by atoms with Crippen molar-refractivity contribution in [2.75, 3.05) is 0 Å². The van der Waals surface area contributed by atoms with Crippen LogP contribution in [-0.2, 0) is 3.76 Å². The average Bonchev–Trinajstić information content (AvgIpc) is 2.47. The normalized spacial score (nSPS) is 24.9. The van der Waals surface area contributed by atoms with E-state index in [0.29, 0.717) is 4.75 Å². The van der Waals surface area contributed by atoms with Crippen LogP contribution in [0.5, 0.6) is 0 Å². The molecule has 2 rings (SSSR count). The zero-order valence-electron chi connectivity index (χ0n) is 14.2. The van der Waals surface area contributed by atoms with Crippen molar-refractivity contribution in [1.29, 1.82) is 0 Å². The molecule has 0 aromatic heterocycles. The molecular formula is C16H30GeOSi2. The zero-order chi connectivity index (χ0) is 15.2. The van der Waals surface area contributed by atoms with Gasteiger partial charge in [0.15, 0.2) is 0 Å². The summed E-state index contributed by atoms with van der Waals surface area (Å²) in [4.78, 5) is 2.89. The van der Waals surface area contributed by atoms with Crippen molar-refractivity contribution in [3.05, 3.63) is 35.6 Å². The maximum absolute atomic E-state index is 6.78. The summed E-state index contributed by atoms with van der Waals surface area (Å²) >= 11 is -2.33. The van der Waals surface area contributed by atoms with Crippen LogP contribution in [0, 0.1) is 0 Å². The third-order valence-corrected chi connectivity index (χ3v) is 33.1. The van der Waals surface area contributed by atoms with E-state index in [2.05, 4.69) is 70.5 Å². The molecule has 1 unspecified atom stereocenters. The van der Waals surface area contributed by atoms with E-state index in [1.54, 1.807) is 0 Å². The van der Waals surface area contributed by atoms with Gasteiger partial charge in [-0.2, -0.15) is 0 Å². The van der Waals surface area contributed by atoms with E-state index in [0.717, 1.165) is 0 Å². The first kappa shape index (κ1) is 16.4. The first-order chi connectivity index (χ1) is 9.03. The molecule has 0 spiro atoms. The molecule has 0 N–H and O–H groups in total. The van der Waals surface area contributed by atoms with Crippen molar-refractivity contribution < 1.29 is 3.76 Å². The Bertz CT molecular complexity index is 462. The van der Waals surface area contributed by atoms with Crippen LogP contribution in [0.15, 0.2) is 35.6 Å². The molecule has 4 heteroatoms. The van der Waals surface area contributed by atoms with Crippen LogP contribution in [0.25, 0.3) is 0 Å². The van der Waals surface area contributed by atoms with Gasteiger partial charge in [-0.05, 0) is 0 Å². The summed E-state index contributed by atoms with van der Waals surface area (Å²) in [7, 11) is -2.21. The van der Waals surface area contributed by atoms with Gasteiger partial charge in [-0.1, -0.05) is 0 Å². The fourth-order valence-corrected chi connectivity index (χ4v) is 41.8. The van der Waals surface area contributed by atoms with Crippen molar-refractivity contribution in [2.45, 2.75) is 60.7 Å². The van der Waals surface area contributed by atoms with Crippen LogP contribution in [0.3, 0.4) is 0 Å². The zero-order valence-corrected chi connectivity index (χ0v) is 18.3. The second-order valence-electron chi connectivity index (χ2n) is 8.87. The van der Waals surface area contributed by atoms with Gasteiger partial charge in [0.05, 0.1) is 0 Å². The summed E-state index contributed by atoms with van der Waals surface area (Å²) in [5.74, 6) is 1.24. The Morgan fingerprint density at radius 3 is 2.05 bits per heavy atom. The van der Waals surface area contributed by atoms with Gasteiger partial charge in [-0.15, -0.1) is 0 Å². The van der Waals surface area contributed by atoms with Crippen LogP contribution >= 0.6 is 0 Å². The summed E-state index contributed by atoms with van der Waals surface area (Å²) in [6, 6.07) is 0. The maximum atomic E-state index is 6.78. The van der Waals surface area contributed by atoms with Gasteiger partial charge in [0.25, 0.3) is 0 Å². The Labute approximate surface area is 129 Å². The molecule has 0 amide bonds. The van der Waals surface area contributed by atoms with Crippen molar-refractivity contribution in [3.63, 3.8) is 0 Å². The number of rotatable bonds is 4. The summed E-state index contributed by atoms with van der Waals surface area (Å²) < 4.78 is 7.45. The number of fused-ring (bicyclic) bond motifs is 1. The topological polar surface area (TPSA) is 9.23 Å². The molecule has 1 aliphatic heterocycles. The Morgan fingerprint density at radius 2 is 1.55 bits per heavy atom. The van der Waals surface area contributed by atoms with Crippen LogP contribution in [-0.4, -0.2) is 29.8 Å². The fourth-order valence-electron chi connectivity index (χ4n) is 3.91. The standard InChI is InChI=1S/C16H30GeOSi2/c1-14-15-10-8-9-11-16(15)17(18-14,12-19(2,3)4)13-20(5,6)7/h8-11,16H,12-13H2,1-7H3. The molecule has 1 nitrogen and oxygen atoms in total. The summed E-state index contributed by atoms with van der Waals surface area (Å²) in [5, 5.41) is 0. The third-order valence-electron chi connectivity index (χ3n) is 4.01. The van der Waals surface area contributed by atoms with Crippen LogP contribution in [0.2, 0.25) is 53.8 Å². The Hall–Kier alpha value is -0.00338. The van der Waals surface area contributed by atoms with Crippen molar-refractivity contribution in [1.82, 2.24) is 0 Å². The Balaban J connectivity index is 2.40. The molecule has 1 aliphatic carbocycles. The molecule has 0 radical (unpaired) electrons. The minimum absolute atomic E-state index is 0.665. The summed E-state index contributed by atoms with van der Waals surface area (Å²) in [6.07, 6.45) is 9.21. The molecule has 0 fully saturated rings. The van der Waals surface area contributed by atoms with E-state index in [9.17, 15) is 0 Å². The molecule has 0 saturated heterocycles. The quantitative estimate of drug-likeness (QED) is 0.598. The van der Waals surface area contributed by atoms with Gasteiger partial charge >= 0.3 is 130 Å². The van der Waals surface area contributed by atoms with Crippen LogP contribution in [0.1, 0.15) is 6.92 Å². The van der Waals surface area contributed by atoms with Crippen molar-refractivity contribution >= 4 is 29.8 Å². The monoisotopic (exact) mass is 368 g/mol. The molecule has 20 heavy (non-hydrogen) atoms. The molecule has 2 aliphatic rings. The fraction of sp³-hybridized carbons (Fsp3) is 0.625. The Morgan fingerprint density at radius 1 is 1.00 bits per heavy atom. The van der Waals surface area contributed by atoms with E-state index in [-0.39, 0.29) is 0 Å². The number of allylic oxidation sites excluding steroid dienone is 6.